The van der Waals surface area contributed by atoms with E-state index in [1.807, 2.05) is 12.1 Å². The lowest BCUT2D eigenvalue weighted by Crippen LogP contribution is -2.05. The minimum Gasteiger partial charge on any atom is -0.385 e. The Balaban J connectivity index is 2.46. The number of hydrogen-bond acceptors (Lipinski definition) is 4. The van der Waals surface area contributed by atoms with Crippen LogP contribution in [0.1, 0.15) is 26.2 Å². The smallest absolute Gasteiger partial charge is 0.178 e. The van der Waals surface area contributed by atoms with Crippen molar-refractivity contribution < 1.29 is 8.42 Å². The van der Waals surface area contributed by atoms with Gasteiger partial charge in [0.2, 0.25) is 0 Å². The maximum absolute atomic E-state index is 11.6. The Morgan fingerprint density at radius 3 is 2.33 bits per heavy atom. The van der Waals surface area contributed by atoms with Crippen LogP contribution in [-0.2, 0) is 9.84 Å². The standard InChI is InChI=1S/C13H22N2O2S/c1-2-18(16,17)13-8-6-12(7-9-13)15-11-5-3-4-10-14/h6-9,15H,2-5,10-11,14H2,1H3. The van der Waals surface area contributed by atoms with Crippen LogP contribution in [0, 0.1) is 0 Å². The Hall–Kier alpha value is -1.07. The SMILES string of the molecule is CCS(=O)(=O)c1ccc(NCCCCCN)cc1. The van der Waals surface area contributed by atoms with E-state index >= 15 is 0 Å². The van der Waals surface area contributed by atoms with Gasteiger partial charge in [0.25, 0.3) is 0 Å². The van der Waals surface area contributed by atoms with Crippen molar-refractivity contribution >= 4 is 15.5 Å². The predicted octanol–water partition coefficient (Wildman–Crippen LogP) is 2.02. The molecule has 0 aliphatic heterocycles. The van der Waals surface area contributed by atoms with Crippen LogP contribution in [-0.4, -0.2) is 27.3 Å². The number of nitrogens with two attached hydrogens (primary N) is 1. The summed E-state index contributed by atoms with van der Waals surface area (Å²) in [6.07, 6.45) is 3.24. The predicted molar refractivity (Wildman–Crippen MR) is 75.6 cm³/mol. The molecule has 0 bridgehead atoms. The van der Waals surface area contributed by atoms with Crippen LogP contribution in [0.25, 0.3) is 0 Å². The van der Waals surface area contributed by atoms with Gasteiger partial charge in [0.05, 0.1) is 10.6 Å². The molecule has 0 aromatic heterocycles. The summed E-state index contributed by atoms with van der Waals surface area (Å²) in [5.74, 6) is 0.138. The summed E-state index contributed by atoms with van der Waals surface area (Å²) in [4.78, 5) is 0.388. The topological polar surface area (TPSA) is 72.2 Å². The molecule has 0 heterocycles. The summed E-state index contributed by atoms with van der Waals surface area (Å²) < 4.78 is 23.2. The van der Waals surface area contributed by atoms with E-state index in [4.69, 9.17) is 5.73 Å². The molecular weight excluding hydrogens is 248 g/mol. The summed E-state index contributed by atoms with van der Waals surface area (Å²) in [5.41, 5.74) is 6.37. The number of hydrogen-bond donors (Lipinski definition) is 2. The van der Waals surface area contributed by atoms with E-state index in [1.165, 1.54) is 0 Å². The fraction of sp³-hybridized carbons (Fsp3) is 0.538. The number of unbranched alkanes of at least 4 members (excludes halogenated alkanes) is 2. The van der Waals surface area contributed by atoms with Gasteiger partial charge in [0, 0.05) is 12.2 Å². The van der Waals surface area contributed by atoms with Crippen molar-refractivity contribution in [2.45, 2.75) is 31.1 Å². The molecule has 0 radical (unpaired) electrons. The Labute approximate surface area is 110 Å². The molecule has 0 fully saturated rings. The van der Waals surface area contributed by atoms with Crippen LogP contribution in [0.5, 0.6) is 0 Å². The normalized spacial score (nSPS) is 11.4. The van der Waals surface area contributed by atoms with E-state index in [0.29, 0.717) is 4.90 Å². The van der Waals surface area contributed by atoms with Crippen LogP contribution in [0.3, 0.4) is 0 Å². The molecule has 3 N–H and O–H groups in total. The third kappa shape index (κ3) is 4.66. The number of rotatable bonds is 8. The molecule has 0 aliphatic carbocycles. The highest BCUT2D eigenvalue weighted by atomic mass is 32.2. The molecule has 5 heteroatoms. The molecule has 1 aromatic carbocycles. The molecule has 4 nitrogen and oxygen atoms in total. The third-order valence-electron chi connectivity index (χ3n) is 2.80. The first-order valence-electron chi connectivity index (χ1n) is 6.37. The van der Waals surface area contributed by atoms with Crippen LogP contribution < -0.4 is 11.1 Å². The van der Waals surface area contributed by atoms with Crippen molar-refractivity contribution in [3.8, 4) is 0 Å². The molecule has 0 saturated heterocycles. The number of anilines is 1. The van der Waals surface area contributed by atoms with Crippen molar-refractivity contribution in [1.29, 1.82) is 0 Å². The highest BCUT2D eigenvalue weighted by Crippen LogP contribution is 2.15. The van der Waals surface area contributed by atoms with Gasteiger partial charge in [0.1, 0.15) is 0 Å². The molecule has 18 heavy (non-hydrogen) atoms. The molecule has 0 spiro atoms. The van der Waals surface area contributed by atoms with Crippen LogP contribution in [0.4, 0.5) is 5.69 Å². The summed E-state index contributed by atoms with van der Waals surface area (Å²) in [5, 5.41) is 3.26. The van der Waals surface area contributed by atoms with Crippen LogP contribution in [0.2, 0.25) is 0 Å². The Kier molecular flexibility index (Phi) is 6.15. The van der Waals surface area contributed by atoms with Crippen LogP contribution >= 0.6 is 0 Å². The highest BCUT2D eigenvalue weighted by Gasteiger charge is 2.10. The fourth-order valence-corrected chi connectivity index (χ4v) is 2.51. The van der Waals surface area contributed by atoms with E-state index in [0.717, 1.165) is 38.0 Å². The quantitative estimate of drug-likeness (QED) is 0.709. The zero-order valence-corrected chi connectivity index (χ0v) is 11.7. The fourth-order valence-electron chi connectivity index (χ4n) is 1.63. The summed E-state index contributed by atoms with van der Waals surface area (Å²) in [6, 6.07) is 6.93. The van der Waals surface area contributed by atoms with Crippen molar-refractivity contribution in [3.05, 3.63) is 24.3 Å². The maximum Gasteiger partial charge on any atom is 0.178 e. The van der Waals surface area contributed by atoms with E-state index in [1.54, 1.807) is 19.1 Å². The zero-order valence-electron chi connectivity index (χ0n) is 10.9. The lowest BCUT2D eigenvalue weighted by atomic mass is 10.2. The minimum atomic E-state index is -3.09. The molecule has 0 amide bonds. The highest BCUT2D eigenvalue weighted by molar-refractivity contribution is 7.91. The Bertz CT molecular complexity index is 441. The largest absolute Gasteiger partial charge is 0.385 e. The molecule has 102 valence electrons. The van der Waals surface area contributed by atoms with Gasteiger partial charge in [-0.1, -0.05) is 13.3 Å². The van der Waals surface area contributed by atoms with Gasteiger partial charge in [-0.05, 0) is 43.7 Å². The summed E-state index contributed by atoms with van der Waals surface area (Å²) in [6.45, 7) is 3.28. The Morgan fingerprint density at radius 1 is 1.11 bits per heavy atom. The molecular formula is C13H22N2O2S. The lowest BCUT2D eigenvalue weighted by Gasteiger charge is -2.07. The van der Waals surface area contributed by atoms with E-state index in [9.17, 15) is 8.42 Å². The molecule has 0 aliphatic rings. The van der Waals surface area contributed by atoms with E-state index in [-0.39, 0.29) is 5.75 Å². The van der Waals surface area contributed by atoms with Crippen molar-refractivity contribution in [1.82, 2.24) is 0 Å². The second-order valence-electron chi connectivity index (χ2n) is 4.20. The first-order chi connectivity index (χ1) is 8.60. The van der Waals surface area contributed by atoms with Crippen molar-refractivity contribution in [3.63, 3.8) is 0 Å². The third-order valence-corrected chi connectivity index (χ3v) is 4.55. The van der Waals surface area contributed by atoms with Gasteiger partial charge in [-0.15, -0.1) is 0 Å². The maximum atomic E-state index is 11.6. The second-order valence-corrected chi connectivity index (χ2v) is 6.48. The minimum absolute atomic E-state index is 0.138. The van der Waals surface area contributed by atoms with Crippen molar-refractivity contribution in [2.24, 2.45) is 5.73 Å². The number of nitrogens with one attached hydrogen (secondary N) is 1. The Morgan fingerprint density at radius 2 is 1.78 bits per heavy atom. The van der Waals surface area contributed by atoms with Crippen LogP contribution in [0.15, 0.2) is 29.2 Å². The average molecular weight is 270 g/mol. The molecule has 0 saturated carbocycles. The second kappa shape index (κ2) is 7.38. The summed E-state index contributed by atoms with van der Waals surface area (Å²) in [7, 11) is -3.09. The van der Waals surface area contributed by atoms with E-state index in [2.05, 4.69) is 5.32 Å². The average Bonchev–Trinajstić information content (AvgIpc) is 2.39. The summed E-state index contributed by atoms with van der Waals surface area (Å²) >= 11 is 0. The number of benzene rings is 1. The first-order valence-corrected chi connectivity index (χ1v) is 8.02. The van der Waals surface area contributed by atoms with Crippen molar-refractivity contribution in [2.75, 3.05) is 24.2 Å². The van der Waals surface area contributed by atoms with Gasteiger partial charge in [-0.25, -0.2) is 8.42 Å². The number of sulfone groups is 1. The molecule has 1 aromatic rings. The van der Waals surface area contributed by atoms with Gasteiger partial charge in [-0.2, -0.15) is 0 Å². The lowest BCUT2D eigenvalue weighted by molar-refractivity contribution is 0.597. The zero-order chi connectivity index (χ0) is 13.4. The first kappa shape index (κ1) is 15.0. The van der Waals surface area contributed by atoms with Gasteiger partial charge >= 0.3 is 0 Å². The van der Waals surface area contributed by atoms with E-state index < -0.39 is 9.84 Å². The van der Waals surface area contributed by atoms with Gasteiger partial charge in [-0.3, -0.25) is 0 Å². The van der Waals surface area contributed by atoms with Gasteiger partial charge in [0.15, 0.2) is 9.84 Å². The molecule has 1 rings (SSSR count). The molecule has 0 atom stereocenters. The molecule has 0 unspecified atom stereocenters. The monoisotopic (exact) mass is 270 g/mol. The van der Waals surface area contributed by atoms with Gasteiger partial charge < -0.3 is 11.1 Å².